The fourth-order valence-electron chi connectivity index (χ4n) is 1.46. The topological polar surface area (TPSA) is 38.3 Å². The molecular weight excluding hydrogens is 374 g/mol. The molecule has 0 fully saturated rings. The maximum atomic E-state index is 11.9. The smallest absolute Gasteiger partial charge is 0.252 e. The first-order chi connectivity index (χ1) is 9.00. The van der Waals surface area contributed by atoms with Gasteiger partial charge in [-0.25, -0.2) is 0 Å². The third kappa shape index (κ3) is 6.54. The van der Waals surface area contributed by atoms with E-state index in [2.05, 4.69) is 51.0 Å². The van der Waals surface area contributed by atoms with Crippen LogP contribution in [0.5, 0.6) is 0 Å². The summed E-state index contributed by atoms with van der Waals surface area (Å²) in [4.78, 5) is 11.9. The van der Waals surface area contributed by atoms with Crippen LogP contribution in [0.4, 0.5) is 0 Å². The number of hydrogen-bond donors (Lipinski definition) is 1. The summed E-state index contributed by atoms with van der Waals surface area (Å²) >= 11 is 6.74. The van der Waals surface area contributed by atoms with E-state index in [1.54, 1.807) is 6.07 Å². The van der Waals surface area contributed by atoms with Crippen molar-refractivity contribution in [2.75, 3.05) is 19.8 Å². The Balaban J connectivity index is 2.28. The minimum Gasteiger partial charge on any atom is -0.381 e. The number of halogens is 2. The minimum absolute atomic E-state index is 0.0664. The molecule has 0 atom stereocenters. The molecule has 0 unspecified atom stereocenters. The Morgan fingerprint density at radius 2 is 2.11 bits per heavy atom. The van der Waals surface area contributed by atoms with Crippen LogP contribution in [0, 0.1) is 5.92 Å². The van der Waals surface area contributed by atoms with E-state index in [1.165, 1.54) is 0 Å². The van der Waals surface area contributed by atoms with Gasteiger partial charge in [0.2, 0.25) is 0 Å². The van der Waals surface area contributed by atoms with E-state index in [4.69, 9.17) is 4.74 Å². The highest BCUT2D eigenvalue weighted by Crippen LogP contribution is 2.21. The van der Waals surface area contributed by atoms with E-state index in [0.717, 1.165) is 22.0 Å². The van der Waals surface area contributed by atoms with Gasteiger partial charge in [-0.05, 0) is 46.5 Å². The number of benzene rings is 1. The summed E-state index contributed by atoms with van der Waals surface area (Å²) in [6.07, 6.45) is 0.826. The van der Waals surface area contributed by atoms with Crippen LogP contribution < -0.4 is 5.32 Å². The van der Waals surface area contributed by atoms with Crippen molar-refractivity contribution < 1.29 is 9.53 Å². The van der Waals surface area contributed by atoms with Crippen LogP contribution in [0.1, 0.15) is 30.6 Å². The lowest BCUT2D eigenvalue weighted by Crippen LogP contribution is -2.25. The lowest BCUT2D eigenvalue weighted by Gasteiger charge is -2.09. The summed E-state index contributed by atoms with van der Waals surface area (Å²) < 4.78 is 7.19. The number of carbonyl (C=O) groups excluding carboxylic acids is 1. The third-order valence-corrected chi connectivity index (χ3v) is 3.53. The zero-order valence-electron chi connectivity index (χ0n) is 11.2. The van der Waals surface area contributed by atoms with Gasteiger partial charge in [0, 0.05) is 28.7 Å². The van der Waals surface area contributed by atoms with E-state index >= 15 is 0 Å². The normalized spacial score (nSPS) is 10.8. The molecule has 1 aromatic carbocycles. The third-order valence-electron chi connectivity index (χ3n) is 2.38. The van der Waals surface area contributed by atoms with Crippen LogP contribution in [-0.4, -0.2) is 25.7 Å². The zero-order valence-corrected chi connectivity index (χ0v) is 14.4. The van der Waals surface area contributed by atoms with Crippen molar-refractivity contribution >= 4 is 37.8 Å². The van der Waals surface area contributed by atoms with Gasteiger partial charge in [0.15, 0.2) is 0 Å². The number of amides is 1. The Hall–Kier alpha value is -0.390. The SMILES string of the molecule is CC(C)COCCCNC(=O)c1ccc(Br)cc1Br. The van der Waals surface area contributed by atoms with Crippen molar-refractivity contribution in [1.82, 2.24) is 5.32 Å². The molecule has 0 saturated carbocycles. The molecule has 0 aliphatic carbocycles. The zero-order chi connectivity index (χ0) is 14.3. The molecule has 1 amide bonds. The maximum Gasteiger partial charge on any atom is 0.252 e. The quantitative estimate of drug-likeness (QED) is 0.712. The van der Waals surface area contributed by atoms with E-state index in [0.29, 0.717) is 24.6 Å². The number of hydrogen-bond acceptors (Lipinski definition) is 2. The predicted molar refractivity (Wildman–Crippen MR) is 84.4 cm³/mol. The fraction of sp³-hybridized carbons (Fsp3) is 0.500. The molecule has 1 N–H and O–H groups in total. The molecule has 3 nitrogen and oxygen atoms in total. The molecule has 0 heterocycles. The van der Waals surface area contributed by atoms with Gasteiger partial charge in [-0.2, -0.15) is 0 Å². The largest absolute Gasteiger partial charge is 0.381 e. The number of ether oxygens (including phenoxy) is 1. The molecule has 0 aliphatic heterocycles. The van der Waals surface area contributed by atoms with Gasteiger partial charge >= 0.3 is 0 Å². The summed E-state index contributed by atoms with van der Waals surface area (Å²) in [5.41, 5.74) is 0.645. The number of carbonyl (C=O) groups is 1. The first-order valence-electron chi connectivity index (χ1n) is 6.31. The molecule has 19 heavy (non-hydrogen) atoms. The van der Waals surface area contributed by atoms with Crippen LogP contribution in [-0.2, 0) is 4.74 Å². The van der Waals surface area contributed by atoms with Crippen LogP contribution in [0.3, 0.4) is 0 Å². The van der Waals surface area contributed by atoms with Crippen molar-refractivity contribution in [3.63, 3.8) is 0 Å². The summed E-state index contributed by atoms with van der Waals surface area (Å²) in [5, 5.41) is 2.88. The summed E-state index contributed by atoms with van der Waals surface area (Å²) in [7, 11) is 0. The molecule has 0 radical (unpaired) electrons. The van der Waals surface area contributed by atoms with Gasteiger partial charge in [0.1, 0.15) is 0 Å². The lowest BCUT2D eigenvalue weighted by atomic mass is 10.2. The van der Waals surface area contributed by atoms with Crippen LogP contribution in [0.2, 0.25) is 0 Å². The minimum atomic E-state index is -0.0664. The molecule has 1 rings (SSSR count). The van der Waals surface area contributed by atoms with Crippen molar-refractivity contribution in [1.29, 1.82) is 0 Å². The van der Waals surface area contributed by atoms with Gasteiger partial charge < -0.3 is 10.1 Å². The second-order valence-electron chi connectivity index (χ2n) is 4.70. The van der Waals surface area contributed by atoms with Gasteiger partial charge in [-0.3, -0.25) is 4.79 Å². The van der Waals surface area contributed by atoms with Crippen molar-refractivity contribution in [2.45, 2.75) is 20.3 Å². The highest BCUT2D eigenvalue weighted by molar-refractivity contribution is 9.11. The predicted octanol–water partition coefficient (Wildman–Crippen LogP) is 4.00. The molecule has 0 saturated heterocycles. The molecule has 1 aromatic rings. The maximum absolute atomic E-state index is 11.9. The Bertz CT molecular complexity index is 422. The molecule has 106 valence electrons. The molecule has 0 aromatic heterocycles. The molecule has 0 bridgehead atoms. The van der Waals surface area contributed by atoms with Crippen molar-refractivity contribution in [3.8, 4) is 0 Å². The molecule has 0 spiro atoms. The Morgan fingerprint density at radius 1 is 1.37 bits per heavy atom. The van der Waals surface area contributed by atoms with E-state index in [-0.39, 0.29) is 5.91 Å². The van der Waals surface area contributed by atoms with E-state index in [1.807, 2.05) is 12.1 Å². The average Bonchev–Trinajstić information content (AvgIpc) is 2.32. The fourth-order valence-corrected chi connectivity index (χ4v) is 2.69. The van der Waals surface area contributed by atoms with E-state index in [9.17, 15) is 4.79 Å². The number of rotatable bonds is 7. The van der Waals surface area contributed by atoms with Crippen molar-refractivity contribution in [3.05, 3.63) is 32.7 Å². The molecule has 0 aliphatic rings. The second-order valence-corrected chi connectivity index (χ2v) is 6.47. The highest BCUT2D eigenvalue weighted by atomic mass is 79.9. The Labute approximate surface area is 131 Å². The van der Waals surface area contributed by atoms with Gasteiger partial charge in [-0.15, -0.1) is 0 Å². The summed E-state index contributed by atoms with van der Waals surface area (Å²) in [6, 6.07) is 5.50. The van der Waals surface area contributed by atoms with E-state index < -0.39 is 0 Å². The number of nitrogens with one attached hydrogen (secondary N) is 1. The summed E-state index contributed by atoms with van der Waals surface area (Å²) in [5.74, 6) is 0.483. The van der Waals surface area contributed by atoms with Gasteiger partial charge in [0.05, 0.1) is 5.56 Å². The lowest BCUT2D eigenvalue weighted by molar-refractivity contribution is 0.0924. The van der Waals surface area contributed by atoms with Crippen molar-refractivity contribution in [2.24, 2.45) is 5.92 Å². The van der Waals surface area contributed by atoms with Gasteiger partial charge in [0.25, 0.3) is 5.91 Å². The monoisotopic (exact) mass is 391 g/mol. The first-order valence-corrected chi connectivity index (χ1v) is 7.90. The molecular formula is C14H19Br2NO2. The Kier molecular flexibility index (Phi) is 7.64. The second kappa shape index (κ2) is 8.72. The standard InChI is InChI=1S/C14H19Br2NO2/c1-10(2)9-19-7-3-6-17-14(18)12-5-4-11(15)8-13(12)16/h4-5,8,10H,3,6-7,9H2,1-2H3,(H,17,18). The first kappa shape index (κ1) is 16.7. The Morgan fingerprint density at radius 3 is 2.74 bits per heavy atom. The summed E-state index contributed by atoms with van der Waals surface area (Å²) in [6.45, 7) is 6.31. The van der Waals surface area contributed by atoms with Gasteiger partial charge in [-0.1, -0.05) is 29.8 Å². The van der Waals surface area contributed by atoms with Crippen LogP contribution in [0.25, 0.3) is 0 Å². The highest BCUT2D eigenvalue weighted by Gasteiger charge is 2.09. The molecule has 5 heteroatoms. The van der Waals surface area contributed by atoms with Crippen LogP contribution >= 0.6 is 31.9 Å². The average molecular weight is 393 g/mol. The van der Waals surface area contributed by atoms with Crippen LogP contribution in [0.15, 0.2) is 27.1 Å².